The molecule has 6 heteroatoms. The van der Waals surface area contributed by atoms with Crippen LogP contribution in [0.25, 0.3) is 5.76 Å². The molecule has 1 aliphatic heterocycles. The molecule has 1 aliphatic rings. The smallest absolute Gasteiger partial charge is 0.295 e. The molecule has 1 saturated heterocycles. The Hall–Kier alpha value is -3.12. The molecule has 188 valence electrons. The monoisotopic (exact) mass is 478 g/mol. The maximum Gasteiger partial charge on any atom is 0.295 e. The summed E-state index contributed by atoms with van der Waals surface area (Å²) in [5.41, 5.74) is 3.44. The van der Waals surface area contributed by atoms with Gasteiger partial charge < -0.3 is 19.6 Å². The van der Waals surface area contributed by atoms with Crippen LogP contribution in [0.15, 0.2) is 48.0 Å². The third kappa shape index (κ3) is 5.59. The number of Topliss-reactive ketones (excluding diaryl/α,β-unsaturated/α-hetero) is 1. The number of carbonyl (C=O) groups is 2. The van der Waals surface area contributed by atoms with Gasteiger partial charge in [-0.05, 0) is 62.2 Å². The van der Waals surface area contributed by atoms with E-state index in [1.807, 2.05) is 50.2 Å². The minimum atomic E-state index is -0.645. The minimum absolute atomic E-state index is 0.138. The number of amides is 1. The van der Waals surface area contributed by atoms with E-state index >= 15 is 0 Å². The maximum atomic E-state index is 13.3. The first-order chi connectivity index (χ1) is 16.7. The topological polar surface area (TPSA) is 70.1 Å². The number of ether oxygens (including phenoxy) is 1. The molecule has 1 atom stereocenters. The van der Waals surface area contributed by atoms with E-state index in [2.05, 4.69) is 32.6 Å². The molecule has 1 heterocycles. The molecule has 0 radical (unpaired) electrons. The highest BCUT2D eigenvalue weighted by molar-refractivity contribution is 6.46. The van der Waals surface area contributed by atoms with Gasteiger partial charge in [-0.1, -0.05) is 57.5 Å². The summed E-state index contributed by atoms with van der Waals surface area (Å²) in [7, 11) is 0. The summed E-state index contributed by atoms with van der Waals surface area (Å²) >= 11 is 0. The van der Waals surface area contributed by atoms with Crippen molar-refractivity contribution in [3.63, 3.8) is 0 Å². The molecule has 0 aliphatic carbocycles. The van der Waals surface area contributed by atoms with Gasteiger partial charge in [-0.15, -0.1) is 0 Å². The molecule has 0 bridgehead atoms. The van der Waals surface area contributed by atoms with E-state index in [0.717, 1.165) is 35.5 Å². The highest BCUT2D eigenvalue weighted by Gasteiger charge is 2.46. The maximum absolute atomic E-state index is 13.3. The molecular formula is C29H38N2O4. The molecule has 0 aromatic heterocycles. The van der Waals surface area contributed by atoms with Crippen molar-refractivity contribution in [3.8, 4) is 5.75 Å². The SMILES string of the molecule is CCOc1ccc(/C(O)=C2/C(=O)C(=O)N(CCN(CC)CC)C2c2cccc(C)c2)cc1C(C)C. The average molecular weight is 479 g/mol. The summed E-state index contributed by atoms with van der Waals surface area (Å²) in [5, 5.41) is 11.5. The fourth-order valence-electron chi connectivity index (χ4n) is 4.68. The number of hydrogen-bond donors (Lipinski definition) is 1. The van der Waals surface area contributed by atoms with Crippen molar-refractivity contribution in [1.29, 1.82) is 0 Å². The molecule has 1 unspecified atom stereocenters. The van der Waals surface area contributed by atoms with Crippen LogP contribution in [-0.4, -0.2) is 59.4 Å². The van der Waals surface area contributed by atoms with Gasteiger partial charge >= 0.3 is 0 Å². The zero-order valence-corrected chi connectivity index (χ0v) is 21.8. The Kier molecular flexibility index (Phi) is 8.73. The molecule has 0 saturated carbocycles. The number of aryl methyl sites for hydroxylation is 1. The van der Waals surface area contributed by atoms with Crippen molar-refractivity contribution in [1.82, 2.24) is 9.80 Å². The van der Waals surface area contributed by atoms with Gasteiger partial charge in [-0.25, -0.2) is 0 Å². The summed E-state index contributed by atoms with van der Waals surface area (Å²) in [6.45, 7) is 15.5. The van der Waals surface area contributed by atoms with Crippen molar-refractivity contribution < 1.29 is 19.4 Å². The Bertz CT molecular complexity index is 1100. The average Bonchev–Trinajstić information content (AvgIpc) is 3.09. The second-order valence-corrected chi connectivity index (χ2v) is 9.27. The predicted octanol–water partition coefficient (Wildman–Crippen LogP) is 5.28. The fourth-order valence-corrected chi connectivity index (χ4v) is 4.68. The quantitative estimate of drug-likeness (QED) is 0.286. The largest absolute Gasteiger partial charge is 0.507 e. The first-order valence-electron chi connectivity index (χ1n) is 12.6. The van der Waals surface area contributed by atoms with Crippen LogP contribution in [0.1, 0.15) is 68.8 Å². The van der Waals surface area contributed by atoms with E-state index in [1.54, 1.807) is 11.0 Å². The van der Waals surface area contributed by atoms with Crippen LogP contribution in [0, 0.1) is 6.92 Å². The number of nitrogens with zero attached hydrogens (tertiary/aromatic N) is 2. The van der Waals surface area contributed by atoms with Gasteiger partial charge in [0.15, 0.2) is 0 Å². The third-order valence-corrected chi connectivity index (χ3v) is 6.65. The summed E-state index contributed by atoms with van der Waals surface area (Å²) < 4.78 is 5.76. The van der Waals surface area contributed by atoms with Crippen molar-refractivity contribution in [3.05, 3.63) is 70.3 Å². The third-order valence-electron chi connectivity index (χ3n) is 6.65. The van der Waals surface area contributed by atoms with Gasteiger partial charge in [0.2, 0.25) is 0 Å². The Morgan fingerprint density at radius 2 is 1.80 bits per heavy atom. The summed E-state index contributed by atoms with van der Waals surface area (Å²) in [4.78, 5) is 30.4. The number of likely N-dealkylation sites (N-methyl/N-ethyl adjacent to an activating group) is 1. The first-order valence-corrected chi connectivity index (χ1v) is 12.6. The Balaban J connectivity index is 2.14. The number of benzene rings is 2. The summed E-state index contributed by atoms with van der Waals surface area (Å²) in [5.74, 6) is -0.443. The number of ketones is 1. The van der Waals surface area contributed by atoms with Crippen LogP contribution >= 0.6 is 0 Å². The molecule has 1 amide bonds. The van der Waals surface area contributed by atoms with Crippen molar-refractivity contribution in [2.24, 2.45) is 0 Å². The van der Waals surface area contributed by atoms with E-state index in [-0.39, 0.29) is 17.3 Å². The van der Waals surface area contributed by atoms with Gasteiger partial charge in [0.25, 0.3) is 11.7 Å². The highest BCUT2D eigenvalue weighted by Crippen LogP contribution is 2.40. The number of carbonyl (C=O) groups excluding carboxylic acids is 2. The number of aliphatic hydroxyl groups excluding tert-OH is 1. The zero-order valence-electron chi connectivity index (χ0n) is 21.8. The van der Waals surface area contributed by atoms with Crippen molar-refractivity contribution >= 4 is 17.4 Å². The summed E-state index contributed by atoms with van der Waals surface area (Å²) in [6.07, 6.45) is 0. The Labute approximate surface area is 209 Å². The second-order valence-electron chi connectivity index (χ2n) is 9.27. The normalized spacial score (nSPS) is 17.6. The molecule has 1 fully saturated rings. The van der Waals surface area contributed by atoms with E-state index < -0.39 is 17.7 Å². The molecule has 2 aromatic rings. The predicted molar refractivity (Wildman–Crippen MR) is 140 cm³/mol. The van der Waals surface area contributed by atoms with E-state index in [4.69, 9.17) is 4.74 Å². The number of aliphatic hydroxyl groups is 1. The van der Waals surface area contributed by atoms with Crippen LogP contribution in [0.2, 0.25) is 0 Å². The van der Waals surface area contributed by atoms with Crippen LogP contribution < -0.4 is 4.74 Å². The molecule has 0 spiro atoms. The first kappa shape index (κ1) is 26.5. The number of hydrogen-bond acceptors (Lipinski definition) is 5. The molecule has 1 N–H and O–H groups in total. The number of rotatable bonds is 10. The van der Waals surface area contributed by atoms with E-state index in [1.165, 1.54) is 0 Å². The lowest BCUT2D eigenvalue weighted by atomic mass is 9.92. The lowest BCUT2D eigenvalue weighted by Gasteiger charge is -2.28. The molecular weight excluding hydrogens is 440 g/mol. The Morgan fingerprint density at radius 3 is 2.40 bits per heavy atom. The van der Waals surface area contributed by atoms with Gasteiger partial charge in [-0.2, -0.15) is 0 Å². The minimum Gasteiger partial charge on any atom is -0.507 e. The van der Waals surface area contributed by atoms with Crippen molar-refractivity contribution in [2.75, 3.05) is 32.8 Å². The molecule has 6 nitrogen and oxygen atoms in total. The van der Waals surface area contributed by atoms with Crippen LogP contribution in [0.5, 0.6) is 5.75 Å². The van der Waals surface area contributed by atoms with E-state index in [9.17, 15) is 14.7 Å². The van der Waals surface area contributed by atoms with Gasteiger partial charge in [0, 0.05) is 18.7 Å². The Morgan fingerprint density at radius 1 is 1.09 bits per heavy atom. The van der Waals surface area contributed by atoms with Crippen LogP contribution in [0.3, 0.4) is 0 Å². The van der Waals surface area contributed by atoms with Gasteiger partial charge in [0.1, 0.15) is 11.5 Å². The van der Waals surface area contributed by atoms with Gasteiger partial charge in [0.05, 0.1) is 18.2 Å². The van der Waals surface area contributed by atoms with Crippen LogP contribution in [0.4, 0.5) is 0 Å². The lowest BCUT2D eigenvalue weighted by Crippen LogP contribution is -2.38. The number of likely N-dealkylation sites (tertiary alicyclic amines) is 1. The molecule has 3 rings (SSSR count). The standard InChI is InChI=1S/C29H38N2O4/c1-7-30(8-2)15-16-31-26(21-12-10-11-20(6)17-21)25(28(33)29(31)34)27(32)22-13-14-24(35-9-3)23(18-22)19(4)5/h10-14,17-19,26,32H,7-9,15-16H2,1-6H3/b27-25-. The lowest BCUT2D eigenvalue weighted by molar-refractivity contribution is -0.140. The zero-order chi connectivity index (χ0) is 25.7. The molecule has 35 heavy (non-hydrogen) atoms. The molecule has 2 aromatic carbocycles. The fraction of sp³-hybridized carbons (Fsp3) is 0.448. The van der Waals surface area contributed by atoms with Crippen LogP contribution in [-0.2, 0) is 9.59 Å². The summed E-state index contributed by atoms with van der Waals surface area (Å²) in [6, 6.07) is 12.6. The van der Waals surface area contributed by atoms with E-state index in [0.29, 0.717) is 25.3 Å². The second kappa shape index (κ2) is 11.5. The highest BCUT2D eigenvalue weighted by atomic mass is 16.5. The van der Waals surface area contributed by atoms with Gasteiger partial charge in [-0.3, -0.25) is 9.59 Å². The van der Waals surface area contributed by atoms with Crippen molar-refractivity contribution in [2.45, 2.75) is 53.5 Å².